The molecule has 1 aromatic rings. The fourth-order valence-corrected chi connectivity index (χ4v) is 1.26. The van der Waals surface area contributed by atoms with E-state index in [4.69, 9.17) is 11.6 Å². The van der Waals surface area contributed by atoms with Gasteiger partial charge < -0.3 is 5.32 Å². The van der Waals surface area contributed by atoms with Gasteiger partial charge in [-0.05, 0) is 28.1 Å². The van der Waals surface area contributed by atoms with Crippen LogP contribution in [0.1, 0.15) is 10.5 Å². The molecule has 1 amide bonds. The van der Waals surface area contributed by atoms with Crippen LogP contribution in [0.15, 0.2) is 35.0 Å². The van der Waals surface area contributed by atoms with Gasteiger partial charge in [-0.3, -0.25) is 4.79 Å². The normalized spacial score (nSPS) is 10.5. The molecule has 0 aliphatic heterocycles. The summed E-state index contributed by atoms with van der Waals surface area (Å²) in [6, 6.07) is 3.43. The van der Waals surface area contributed by atoms with Gasteiger partial charge in [0.2, 0.25) is 0 Å². The van der Waals surface area contributed by atoms with Gasteiger partial charge in [0, 0.05) is 23.1 Å². The first-order valence-electron chi connectivity index (χ1n) is 4.34. The molecule has 0 saturated carbocycles. The molecular formula is C10H10BrClN2O. The number of hydrogen-bond acceptors (Lipinski definition) is 2. The third-order valence-electron chi connectivity index (χ3n) is 1.60. The van der Waals surface area contributed by atoms with Crippen molar-refractivity contribution in [3.05, 3.63) is 40.6 Å². The summed E-state index contributed by atoms with van der Waals surface area (Å²) in [5.74, 6) is 0.258. The van der Waals surface area contributed by atoms with E-state index in [-0.39, 0.29) is 5.91 Å². The predicted octanol–water partition coefficient (Wildman–Crippen LogP) is 2.37. The largest absolute Gasteiger partial charge is 0.347 e. The maximum Gasteiger partial charge on any atom is 0.270 e. The summed E-state index contributed by atoms with van der Waals surface area (Å²) in [7, 11) is 0. The van der Waals surface area contributed by atoms with E-state index in [2.05, 4.69) is 26.2 Å². The van der Waals surface area contributed by atoms with Gasteiger partial charge in [-0.15, -0.1) is 11.6 Å². The Balaban J connectivity index is 2.47. The monoisotopic (exact) mass is 288 g/mol. The number of carbonyl (C=O) groups is 1. The summed E-state index contributed by atoms with van der Waals surface area (Å²) in [6.07, 6.45) is 5.16. The van der Waals surface area contributed by atoms with Crippen LogP contribution < -0.4 is 5.32 Å². The Hall–Kier alpha value is -0.870. The van der Waals surface area contributed by atoms with Crippen LogP contribution in [-0.2, 0) is 0 Å². The molecule has 0 bridgehead atoms. The number of rotatable bonds is 4. The molecule has 0 aliphatic carbocycles. The summed E-state index contributed by atoms with van der Waals surface area (Å²) in [4.78, 5) is 15.4. The van der Waals surface area contributed by atoms with Crippen molar-refractivity contribution in [3.63, 3.8) is 0 Å². The maximum atomic E-state index is 11.5. The number of nitrogens with zero attached hydrogens (tertiary/aromatic N) is 1. The first-order valence-corrected chi connectivity index (χ1v) is 5.67. The number of alkyl halides is 1. The second-order valence-electron chi connectivity index (χ2n) is 2.70. The van der Waals surface area contributed by atoms with Crippen LogP contribution in [0.25, 0.3) is 0 Å². The van der Waals surface area contributed by atoms with Crippen LogP contribution in [0, 0.1) is 0 Å². The van der Waals surface area contributed by atoms with Crippen molar-refractivity contribution in [1.82, 2.24) is 10.3 Å². The van der Waals surface area contributed by atoms with E-state index in [9.17, 15) is 4.79 Å². The maximum absolute atomic E-state index is 11.5. The molecule has 1 N–H and O–H groups in total. The number of pyridine rings is 1. The Morgan fingerprint density at radius 2 is 2.33 bits per heavy atom. The number of halogens is 2. The highest BCUT2D eigenvalue weighted by atomic mass is 79.9. The summed E-state index contributed by atoms with van der Waals surface area (Å²) in [5.41, 5.74) is 0.400. The SMILES string of the molecule is O=C(NC/C=C/CCl)c1ccc(Br)cn1. The van der Waals surface area contributed by atoms with Crippen molar-refractivity contribution in [2.24, 2.45) is 0 Å². The lowest BCUT2D eigenvalue weighted by molar-refractivity contribution is 0.0953. The molecule has 0 radical (unpaired) electrons. The Labute approximate surface area is 102 Å². The lowest BCUT2D eigenvalue weighted by Crippen LogP contribution is -2.24. The van der Waals surface area contributed by atoms with Gasteiger partial charge in [0.25, 0.3) is 5.91 Å². The van der Waals surface area contributed by atoms with E-state index < -0.39 is 0 Å². The van der Waals surface area contributed by atoms with E-state index in [1.54, 1.807) is 30.5 Å². The Morgan fingerprint density at radius 1 is 1.53 bits per heavy atom. The molecule has 1 rings (SSSR count). The van der Waals surface area contributed by atoms with E-state index in [1.807, 2.05) is 0 Å². The van der Waals surface area contributed by atoms with Gasteiger partial charge in [0.15, 0.2) is 0 Å². The van der Waals surface area contributed by atoms with Gasteiger partial charge in [-0.25, -0.2) is 4.98 Å². The molecule has 0 saturated heterocycles. The lowest BCUT2D eigenvalue weighted by atomic mass is 10.3. The summed E-state index contributed by atoms with van der Waals surface area (Å²) >= 11 is 8.68. The molecule has 1 heterocycles. The Kier molecular flexibility index (Phi) is 5.36. The molecule has 0 aromatic carbocycles. The number of hydrogen-bond donors (Lipinski definition) is 1. The molecule has 80 valence electrons. The number of nitrogens with one attached hydrogen (secondary N) is 1. The average molecular weight is 290 g/mol. The molecule has 0 spiro atoms. The standard InChI is InChI=1S/C10H10BrClN2O/c11-8-3-4-9(14-7-8)10(15)13-6-2-1-5-12/h1-4,7H,5-6H2,(H,13,15)/b2-1+. The van der Waals surface area contributed by atoms with Crippen molar-refractivity contribution >= 4 is 33.4 Å². The van der Waals surface area contributed by atoms with Gasteiger partial charge in [0.1, 0.15) is 5.69 Å². The highest BCUT2D eigenvalue weighted by Crippen LogP contribution is 2.06. The average Bonchev–Trinajstić information content (AvgIpc) is 2.25. The number of aromatic nitrogens is 1. The summed E-state index contributed by atoms with van der Waals surface area (Å²) in [5, 5.41) is 2.69. The molecule has 3 nitrogen and oxygen atoms in total. The Morgan fingerprint density at radius 3 is 2.93 bits per heavy atom. The predicted molar refractivity (Wildman–Crippen MR) is 64.1 cm³/mol. The van der Waals surface area contributed by atoms with Gasteiger partial charge in [-0.1, -0.05) is 12.2 Å². The van der Waals surface area contributed by atoms with E-state index >= 15 is 0 Å². The molecule has 0 aliphatic rings. The van der Waals surface area contributed by atoms with Crippen molar-refractivity contribution in [2.45, 2.75) is 0 Å². The smallest absolute Gasteiger partial charge is 0.270 e. The van der Waals surface area contributed by atoms with Crippen LogP contribution in [-0.4, -0.2) is 23.3 Å². The first kappa shape index (κ1) is 12.2. The van der Waals surface area contributed by atoms with Crippen LogP contribution in [0.4, 0.5) is 0 Å². The molecule has 0 fully saturated rings. The topological polar surface area (TPSA) is 42.0 Å². The quantitative estimate of drug-likeness (QED) is 0.683. The first-order chi connectivity index (χ1) is 7.24. The zero-order valence-corrected chi connectivity index (χ0v) is 10.3. The molecule has 0 unspecified atom stereocenters. The highest BCUT2D eigenvalue weighted by Gasteiger charge is 2.04. The van der Waals surface area contributed by atoms with Gasteiger partial charge in [-0.2, -0.15) is 0 Å². The van der Waals surface area contributed by atoms with E-state index in [0.29, 0.717) is 18.1 Å². The summed E-state index contributed by atoms with van der Waals surface area (Å²) in [6.45, 7) is 0.462. The number of carbonyl (C=O) groups excluding carboxylic acids is 1. The van der Waals surface area contributed by atoms with Crippen LogP contribution >= 0.6 is 27.5 Å². The fraction of sp³-hybridized carbons (Fsp3) is 0.200. The van der Waals surface area contributed by atoms with Crippen LogP contribution in [0.3, 0.4) is 0 Å². The van der Waals surface area contributed by atoms with E-state index in [0.717, 1.165) is 4.47 Å². The number of allylic oxidation sites excluding steroid dienone is 1. The van der Waals surface area contributed by atoms with Gasteiger partial charge >= 0.3 is 0 Å². The van der Waals surface area contributed by atoms with Crippen molar-refractivity contribution in [1.29, 1.82) is 0 Å². The van der Waals surface area contributed by atoms with Crippen molar-refractivity contribution in [3.8, 4) is 0 Å². The molecule has 15 heavy (non-hydrogen) atoms. The van der Waals surface area contributed by atoms with Crippen LogP contribution in [0.5, 0.6) is 0 Å². The minimum atomic E-state index is -0.193. The van der Waals surface area contributed by atoms with E-state index in [1.165, 1.54) is 0 Å². The fourth-order valence-electron chi connectivity index (χ4n) is 0.899. The third-order valence-corrected chi connectivity index (χ3v) is 2.24. The minimum absolute atomic E-state index is 0.193. The molecule has 5 heteroatoms. The molecule has 0 atom stereocenters. The summed E-state index contributed by atoms with van der Waals surface area (Å²) < 4.78 is 0.848. The van der Waals surface area contributed by atoms with Crippen molar-refractivity contribution < 1.29 is 4.79 Å². The minimum Gasteiger partial charge on any atom is -0.347 e. The molecular weight excluding hydrogens is 279 g/mol. The lowest BCUT2D eigenvalue weighted by Gasteiger charge is -2.00. The zero-order chi connectivity index (χ0) is 11.1. The third kappa shape index (κ3) is 4.44. The second-order valence-corrected chi connectivity index (χ2v) is 3.92. The van der Waals surface area contributed by atoms with Crippen molar-refractivity contribution in [2.75, 3.05) is 12.4 Å². The zero-order valence-electron chi connectivity index (χ0n) is 7.91. The highest BCUT2D eigenvalue weighted by molar-refractivity contribution is 9.10. The second kappa shape index (κ2) is 6.58. The van der Waals surface area contributed by atoms with Gasteiger partial charge in [0.05, 0.1) is 0 Å². The number of amides is 1. The van der Waals surface area contributed by atoms with Crippen LogP contribution in [0.2, 0.25) is 0 Å². The Bertz CT molecular complexity index is 351. The molecule has 1 aromatic heterocycles.